The third-order valence-electron chi connectivity index (χ3n) is 4.27. The molecule has 1 N–H and O–H groups in total. The van der Waals surface area contributed by atoms with Gasteiger partial charge in [0.15, 0.2) is 5.16 Å². The highest BCUT2D eigenvalue weighted by molar-refractivity contribution is 9.10. The summed E-state index contributed by atoms with van der Waals surface area (Å²) in [6.45, 7) is 0. The molecule has 0 aliphatic heterocycles. The molecule has 0 saturated heterocycles. The molecule has 0 saturated carbocycles. The first-order valence-electron chi connectivity index (χ1n) is 8.97. The van der Waals surface area contributed by atoms with Crippen LogP contribution < -0.4 is 10.9 Å². The SMILES string of the molecule is O=C(CSc1nc2ccccc2c(=O)n1-c1ccc(Br)cc1)Nc1cccc(Cl)c1. The summed E-state index contributed by atoms with van der Waals surface area (Å²) in [6.07, 6.45) is 0. The van der Waals surface area contributed by atoms with Crippen LogP contribution >= 0.6 is 39.3 Å². The molecular weight excluding hydrogens is 486 g/mol. The van der Waals surface area contributed by atoms with Crippen LogP contribution in [0.2, 0.25) is 5.02 Å². The first-order valence-corrected chi connectivity index (χ1v) is 11.1. The van der Waals surface area contributed by atoms with Crippen molar-refractivity contribution in [3.05, 3.63) is 92.6 Å². The zero-order valence-electron chi connectivity index (χ0n) is 15.5. The zero-order chi connectivity index (χ0) is 21.1. The lowest BCUT2D eigenvalue weighted by Crippen LogP contribution is -2.23. The van der Waals surface area contributed by atoms with Crippen molar-refractivity contribution >= 4 is 61.8 Å². The second-order valence-corrected chi connectivity index (χ2v) is 8.67. The summed E-state index contributed by atoms with van der Waals surface area (Å²) in [4.78, 5) is 30.3. The Morgan fingerprint density at radius 3 is 2.60 bits per heavy atom. The van der Waals surface area contributed by atoms with Gasteiger partial charge in [0.05, 0.1) is 22.3 Å². The smallest absolute Gasteiger partial charge is 0.266 e. The van der Waals surface area contributed by atoms with Gasteiger partial charge in [-0.2, -0.15) is 0 Å². The van der Waals surface area contributed by atoms with E-state index in [1.54, 1.807) is 36.4 Å². The molecular formula is C22H15BrClN3O2S. The molecule has 1 heterocycles. The number of carbonyl (C=O) groups is 1. The summed E-state index contributed by atoms with van der Waals surface area (Å²) in [5.41, 5.74) is 1.71. The number of nitrogens with zero attached hydrogens (tertiary/aromatic N) is 2. The maximum absolute atomic E-state index is 13.2. The van der Waals surface area contributed by atoms with E-state index in [-0.39, 0.29) is 17.2 Å². The van der Waals surface area contributed by atoms with Gasteiger partial charge in [-0.3, -0.25) is 14.2 Å². The molecule has 0 aliphatic rings. The minimum absolute atomic E-state index is 0.0911. The minimum Gasteiger partial charge on any atom is -0.325 e. The molecule has 1 amide bonds. The molecule has 30 heavy (non-hydrogen) atoms. The fourth-order valence-corrected chi connectivity index (χ4v) is 4.19. The van der Waals surface area contributed by atoms with Gasteiger partial charge in [-0.25, -0.2) is 4.98 Å². The van der Waals surface area contributed by atoms with Crippen molar-refractivity contribution in [2.75, 3.05) is 11.1 Å². The topological polar surface area (TPSA) is 64.0 Å². The predicted octanol–water partition coefficient (Wildman–Crippen LogP) is 5.53. The molecule has 0 bridgehead atoms. The zero-order valence-corrected chi connectivity index (χ0v) is 18.7. The summed E-state index contributed by atoms with van der Waals surface area (Å²) in [6, 6.07) is 21.5. The Balaban J connectivity index is 1.67. The predicted molar refractivity (Wildman–Crippen MR) is 126 cm³/mol. The number of carbonyl (C=O) groups excluding carboxylic acids is 1. The van der Waals surface area contributed by atoms with E-state index in [1.807, 2.05) is 36.4 Å². The van der Waals surface area contributed by atoms with Crippen molar-refractivity contribution in [1.29, 1.82) is 0 Å². The lowest BCUT2D eigenvalue weighted by molar-refractivity contribution is -0.113. The highest BCUT2D eigenvalue weighted by Crippen LogP contribution is 2.23. The number of aromatic nitrogens is 2. The van der Waals surface area contributed by atoms with Gasteiger partial charge >= 0.3 is 0 Å². The van der Waals surface area contributed by atoms with Crippen LogP contribution in [0.4, 0.5) is 5.69 Å². The van der Waals surface area contributed by atoms with Gasteiger partial charge in [0.2, 0.25) is 5.91 Å². The van der Waals surface area contributed by atoms with Gasteiger partial charge < -0.3 is 5.32 Å². The molecule has 0 fully saturated rings. The fourth-order valence-electron chi connectivity index (χ4n) is 2.92. The Labute approximate surface area is 190 Å². The number of benzene rings is 3. The molecule has 0 spiro atoms. The fraction of sp³-hybridized carbons (Fsp3) is 0.0455. The maximum Gasteiger partial charge on any atom is 0.266 e. The number of thioether (sulfide) groups is 1. The van der Waals surface area contributed by atoms with Crippen LogP contribution in [0, 0.1) is 0 Å². The monoisotopic (exact) mass is 499 g/mol. The van der Waals surface area contributed by atoms with Gasteiger partial charge in [0.25, 0.3) is 5.56 Å². The van der Waals surface area contributed by atoms with Crippen LogP contribution in [0.3, 0.4) is 0 Å². The lowest BCUT2D eigenvalue weighted by atomic mass is 10.2. The lowest BCUT2D eigenvalue weighted by Gasteiger charge is -2.13. The van der Waals surface area contributed by atoms with Gasteiger partial charge in [-0.15, -0.1) is 0 Å². The van der Waals surface area contributed by atoms with Crippen molar-refractivity contribution in [3.8, 4) is 5.69 Å². The van der Waals surface area contributed by atoms with Gasteiger partial charge in [-0.1, -0.05) is 57.5 Å². The van der Waals surface area contributed by atoms with Crippen LogP contribution in [0.1, 0.15) is 0 Å². The molecule has 0 aliphatic carbocycles. The average Bonchev–Trinajstić information content (AvgIpc) is 2.73. The molecule has 1 aromatic heterocycles. The van der Waals surface area contributed by atoms with E-state index in [0.29, 0.717) is 32.5 Å². The standard InChI is InChI=1S/C22H15BrClN3O2S/c23-14-8-10-17(11-9-14)27-21(29)18-6-1-2-7-19(18)26-22(27)30-13-20(28)25-16-5-3-4-15(24)12-16/h1-12H,13H2,(H,25,28). The molecule has 4 rings (SSSR count). The first kappa shape index (κ1) is 20.7. The number of anilines is 1. The van der Waals surface area contributed by atoms with E-state index < -0.39 is 0 Å². The third kappa shape index (κ3) is 4.59. The summed E-state index contributed by atoms with van der Waals surface area (Å²) in [5.74, 6) is -0.125. The van der Waals surface area contributed by atoms with Crippen molar-refractivity contribution < 1.29 is 4.79 Å². The summed E-state index contributed by atoms with van der Waals surface area (Å²) in [5, 5.41) is 4.32. The van der Waals surface area contributed by atoms with Crippen LogP contribution in [0.25, 0.3) is 16.6 Å². The van der Waals surface area contributed by atoms with E-state index in [2.05, 4.69) is 26.2 Å². The van der Waals surface area contributed by atoms with E-state index in [1.165, 1.54) is 16.3 Å². The number of rotatable bonds is 5. The summed E-state index contributed by atoms with van der Waals surface area (Å²) < 4.78 is 2.44. The van der Waals surface area contributed by atoms with Crippen molar-refractivity contribution in [3.63, 3.8) is 0 Å². The average molecular weight is 501 g/mol. The normalized spacial score (nSPS) is 10.9. The van der Waals surface area contributed by atoms with Crippen LogP contribution in [0.5, 0.6) is 0 Å². The molecule has 0 radical (unpaired) electrons. The third-order valence-corrected chi connectivity index (χ3v) is 5.97. The quantitative estimate of drug-likeness (QED) is 0.289. The van der Waals surface area contributed by atoms with Crippen molar-refractivity contribution in [2.24, 2.45) is 0 Å². The Morgan fingerprint density at radius 1 is 1.07 bits per heavy atom. The highest BCUT2D eigenvalue weighted by atomic mass is 79.9. The Morgan fingerprint density at radius 2 is 1.83 bits per heavy atom. The summed E-state index contributed by atoms with van der Waals surface area (Å²) >= 11 is 10.6. The highest BCUT2D eigenvalue weighted by Gasteiger charge is 2.15. The van der Waals surface area contributed by atoms with Crippen LogP contribution in [-0.2, 0) is 4.79 Å². The van der Waals surface area contributed by atoms with Gasteiger partial charge in [-0.05, 0) is 54.6 Å². The van der Waals surface area contributed by atoms with E-state index in [4.69, 9.17) is 11.6 Å². The number of fused-ring (bicyclic) bond motifs is 1. The largest absolute Gasteiger partial charge is 0.325 e. The summed E-state index contributed by atoms with van der Waals surface area (Å²) in [7, 11) is 0. The Bertz CT molecular complexity index is 1290. The van der Waals surface area contributed by atoms with E-state index in [0.717, 1.165) is 4.47 Å². The van der Waals surface area contributed by atoms with Crippen LogP contribution in [-0.4, -0.2) is 21.2 Å². The van der Waals surface area contributed by atoms with Gasteiger partial charge in [0, 0.05) is 15.2 Å². The number of hydrogen-bond acceptors (Lipinski definition) is 4. The Kier molecular flexibility index (Phi) is 6.22. The number of halogens is 2. The molecule has 0 atom stereocenters. The second kappa shape index (κ2) is 9.04. The van der Waals surface area contributed by atoms with Gasteiger partial charge in [0.1, 0.15) is 0 Å². The van der Waals surface area contributed by atoms with Crippen molar-refractivity contribution in [2.45, 2.75) is 5.16 Å². The number of amides is 1. The van der Waals surface area contributed by atoms with Crippen molar-refractivity contribution in [1.82, 2.24) is 9.55 Å². The number of nitrogens with one attached hydrogen (secondary N) is 1. The maximum atomic E-state index is 13.2. The second-order valence-electron chi connectivity index (χ2n) is 6.38. The Hall–Kier alpha value is -2.61. The molecule has 4 aromatic rings. The molecule has 5 nitrogen and oxygen atoms in total. The molecule has 8 heteroatoms. The molecule has 150 valence electrons. The van der Waals surface area contributed by atoms with E-state index in [9.17, 15) is 9.59 Å². The molecule has 3 aromatic carbocycles. The van der Waals surface area contributed by atoms with E-state index >= 15 is 0 Å². The number of para-hydroxylation sites is 1. The first-order chi connectivity index (χ1) is 14.5. The minimum atomic E-state index is -0.216. The molecule has 0 unspecified atom stereocenters. The number of hydrogen-bond donors (Lipinski definition) is 1. The van der Waals surface area contributed by atoms with Crippen LogP contribution in [0.15, 0.2) is 87.2 Å².